The van der Waals surface area contributed by atoms with Crippen molar-refractivity contribution >= 4 is 33.4 Å². The fourth-order valence-electron chi connectivity index (χ4n) is 2.45. The Morgan fingerprint density at radius 3 is 2.34 bits per heavy atom. The molecule has 0 aliphatic carbocycles. The zero-order valence-corrected chi connectivity index (χ0v) is 18.8. The van der Waals surface area contributed by atoms with Crippen LogP contribution in [0.4, 0.5) is 5.69 Å². The molecule has 29 heavy (non-hydrogen) atoms. The Labute approximate surface area is 177 Å². The molecular formula is C21H28N2O4S2. The molecule has 2 rings (SSSR count). The summed E-state index contributed by atoms with van der Waals surface area (Å²) in [4.78, 5) is 12.2. The van der Waals surface area contributed by atoms with Gasteiger partial charge in [-0.3, -0.25) is 9.10 Å². The molecule has 0 bridgehead atoms. The number of sulfonamides is 1. The lowest BCUT2D eigenvalue weighted by Gasteiger charge is -2.18. The zero-order valence-electron chi connectivity index (χ0n) is 17.2. The number of amides is 1. The number of thioether (sulfide) groups is 1. The number of aryl methyl sites for hydroxylation is 1. The molecule has 8 heteroatoms. The number of carbonyl (C=O) groups is 1. The van der Waals surface area contributed by atoms with Crippen LogP contribution < -0.4 is 14.4 Å². The summed E-state index contributed by atoms with van der Waals surface area (Å²) in [6.45, 7) is 4.32. The van der Waals surface area contributed by atoms with Crippen molar-refractivity contribution in [2.24, 2.45) is 0 Å². The van der Waals surface area contributed by atoms with Gasteiger partial charge in [-0.1, -0.05) is 29.8 Å². The van der Waals surface area contributed by atoms with E-state index >= 15 is 0 Å². The van der Waals surface area contributed by atoms with E-state index in [9.17, 15) is 13.2 Å². The van der Waals surface area contributed by atoms with Crippen LogP contribution in [-0.2, 0) is 20.6 Å². The highest BCUT2D eigenvalue weighted by atomic mass is 32.2. The minimum absolute atomic E-state index is 0.182. The van der Waals surface area contributed by atoms with Gasteiger partial charge in [0.15, 0.2) is 6.10 Å². The number of nitrogens with one attached hydrogen (secondary N) is 1. The second kappa shape index (κ2) is 10.5. The normalized spacial score (nSPS) is 12.3. The third-order valence-corrected chi connectivity index (χ3v) is 6.55. The van der Waals surface area contributed by atoms with Gasteiger partial charge in [-0.05, 0) is 43.7 Å². The van der Waals surface area contributed by atoms with E-state index in [1.54, 1.807) is 43.0 Å². The van der Waals surface area contributed by atoms with Gasteiger partial charge >= 0.3 is 0 Å². The average molecular weight is 437 g/mol. The van der Waals surface area contributed by atoms with Crippen LogP contribution in [0.2, 0.25) is 0 Å². The fourth-order valence-corrected chi connectivity index (χ4v) is 3.77. The number of hydrogen-bond donors (Lipinski definition) is 1. The summed E-state index contributed by atoms with van der Waals surface area (Å²) in [6.07, 6.45) is 0.499. The van der Waals surface area contributed by atoms with Gasteiger partial charge in [0.2, 0.25) is 10.0 Å². The molecule has 0 fully saturated rings. The van der Waals surface area contributed by atoms with Crippen molar-refractivity contribution in [3.05, 3.63) is 59.7 Å². The van der Waals surface area contributed by atoms with Gasteiger partial charge in [0.05, 0.1) is 11.9 Å². The molecule has 158 valence electrons. The van der Waals surface area contributed by atoms with Crippen molar-refractivity contribution in [3.63, 3.8) is 0 Å². The summed E-state index contributed by atoms with van der Waals surface area (Å²) in [7, 11) is -1.83. The molecule has 0 spiro atoms. The number of nitrogens with zero attached hydrogens (tertiary/aromatic N) is 1. The van der Waals surface area contributed by atoms with Crippen LogP contribution in [0.5, 0.6) is 5.75 Å². The predicted octanol–water partition coefficient (Wildman–Crippen LogP) is 3.21. The van der Waals surface area contributed by atoms with Gasteiger partial charge in [-0.25, -0.2) is 8.42 Å². The third kappa shape index (κ3) is 7.62. The second-order valence-corrected chi connectivity index (χ2v) is 9.93. The Balaban J connectivity index is 1.72. The summed E-state index contributed by atoms with van der Waals surface area (Å²) in [5.41, 5.74) is 3.05. The van der Waals surface area contributed by atoms with Crippen LogP contribution in [0.1, 0.15) is 18.1 Å². The Morgan fingerprint density at radius 2 is 1.76 bits per heavy atom. The molecule has 0 saturated heterocycles. The van der Waals surface area contributed by atoms with Crippen LogP contribution in [-0.4, -0.2) is 46.0 Å². The molecule has 6 nitrogen and oxygen atoms in total. The predicted molar refractivity (Wildman–Crippen MR) is 120 cm³/mol. The van der Waals surface area contributed by atoms with Gasteiger partial charge < -0.3 is 10.1 Å². The molecule has 0 heterocycles. The van der Waals surface area contributed by atoms with Gasteiger partial charge in [0, 0.05) is 25.1 Å². The van der Waals surface area contributed by atoms with E-state index in [0.29, 0.717) is 18.0 Å². The van der Waals surface area contributed by atoms with Crippen LogP contribution in [0.25, 0.3) is 0 Å². The number of hydrogen-bond acceptors (Lipinski definition) is 5. The first-order chi connectivity index (χ1) is 13.7. The summed E-state index contributed by atoms with van der Waals surface area (Å²) in [6, 6.07) is 15.0. The molecular weight excluding hydrogens is 408 g/mol. The summed E-state index contributed by atoms with van der Waals surface area (Å²) in [5.74, 6) is 2.06. The summed E-state index contributed by atoms with van der Waals surface area (Å²) in [5, 5.41) is 2.88. The van der Waals surface area contributed by atoms with Crippen molar-refractivity contribution in [1.29, 1.82) is 0 Å². The van der Waals surface area contributed by atoms with Gasteiger partial charge in [-0.15, -0.1) is 0 Å². The molecule has 0 aliphatic rings. The first-order valence-electron chi connectivity index (χ1n) is 9.28. The third-order valence-electron chi connectivity index (χ3n) is 4.31. The Kier molecular flexibility index (Phi) is 8.40. The molecule has 1 N–H and O–H groups in total. The molecule has 2 aromatic rings. The molecule has 0 aliphatic heterocycles. The van der Waals surface area contributed by atoms with Crippen molar-refractivity contribution in [2.45, 2.75) is 25.7 Å². The maximum absolute atomic E-state index is 12.2. The zero-order chi connectivity index (χ0) is 21.4. The van der Waals surface area contributed by atoms with E-state index in [2.05, 4.69) is 36.5 Å². The lowest BCUT2D eigenvalue weighted by atomic mass is 10.2. The average Bonchev–Trinajstić information content (AvgIpc) is 2.68. The first kappa shape index (κ1) is 23.1. The number of carbonyl (C=O) groups excluding carboxylic acids is 1. The molecule has 0 saturated carbocycles. The fraction of sp³-hybridized carbons (Fsp3) is 0.381. The quantitative estimate of drug-likeness (QED) is 0.579. The minimum Gasteiger partial charge on any atom is -0.481 e. The monoisotopic (exact) mass is 436 g/mol. The number of ether oxygens (including phenoxy) is 1. The maximum Gasteiger partial charge on any atom is 0.260 e. The van der Waals surface area contributed by atoms with E-state index in [1.165, 1.54) is 22.5 Å². The number of rotatable bonds is 10. The smallest absolute Gasteiger partial charge is 0.260 e. The second-order valence-electron chi connectivity index (χ2n) is 6.81. The first-order valence-corrected chi connectivity index (χ1v) is 12.3. The Bertz CT molecular complexity index is 897. The van der Waals surface area contributed by atoms with E-state index in [1.807, 2.05) is 0 Å². The van der Waals surface area contributed by atoms with E-state index in [0.717, 1.165) is 17.8 Å². The Hall–Kier alpha value is -2.19. The van der Waals surface area contributed by atoms with Gasteiger partial charge in [-0.2, -0.15) is 11.8 Å². The molecule has 0 aromatic heterocycles. The Morgan fingerprint density at radius 1 is 1.14 bits per heavy atom. The van der Waals surface area contributed by atoms with Crippen molar-refractivity contribution in [2.75, 3.05) is 29.9 Å². The molecule has 1 atom stereocenters. The van der Waals surface area contributed by atoms with E-state index in [4.69, 9.17) is 4.74 Å². The highest BCUT2D eigenvalue weighted by Crippen LogP contribution is 2.21. The van der Waals surface area contributed by atoms with Crippen LogP contribution >= 0.6 is 11.8 Å². The summed E-state index contributed by atoms with van der Waals surface area (Å²) >= 11 is 1.77. The maximum atomic E-state index is 12.2. The minimum atomic E-state index is -3.31. The van der Waals surface area contributed by atoms with Crippen LogP contribution in [0, 0.1) is 6.92 Å². The largest absolute Gasteiger partial charge is 0.481 e. The highest BCUT2D eigenvalue weighted by molar-refractivity contribution is 7.98. The van der Waals surface area contributed by atoms with Crippen molar-refractivity contribution in [1.82, 2.24) is 5.32 Å². The van der Waals surface area contributed by atoms with Crippen molar-refractivity contribution in [3.8, 4) is 5.75 Å². The highest BCUT2D eigenvalue weighted by Gasteiger charge is 2.15. The number of benzene rings is 2. The molecule has 0 radical (unpaired) electrons. The van der Waals surface area contributed by atoms with Crippen LogP contribution in [0.15, 0.2) is 48.5 Å². The SMILES string of the molecule is Cc1ccc(CSCCNC(=O)C(C)Oc2ccc(N(C)S(C)(=O)=O)cc2)cc1. The van der Waals surface area contributed by atoms with Crippen LogP contribution in [0.3, 0.4) is 0 Å². The molecule has 2 aromatic carbocycles. The van der Waals surface area contributed by atoms with Gasteiger partial charge in [0.25, 0.3) is 5.91 Å². The topological polar surface area (TPSA) is 75.7 Å². The standard InChI is InChI=1S/C21H28N2O4S2/c1-16-5-7-18(8-6-16)15-28-14-13-22-21(24)17(2)27-20-11-9-19(10-12-20)23(3)29(4,25)26/h5-12,17H,13-15H2,1-4H3,(H,22,24). The van der Waals surface area contributed by atoms with Gasteiger partial charge in [0.1, 0.15) is 5.75 Å². The van der Waals surface area contributed by atoms with E-state index < -0.39 is 16.1 Å². The lowest BCUT2D eigenvalue weighted by Crippen LogP contribution is -2.37. The van der Waals surface area contributed by atoms with Crippen molar-refractivity contribution < 1.29 is 17.9 Å². The number of anilines is 1. The van der Waals surface area contributed by atoms with E-state index in [-0.39, 0.29) is 5.91 Å². The lowest BCUT2D eigenvalue weighted by molar-refractivity contribution is -0.127. The molecule has 1 amide bonds. The summed E-state index contributed by atoms with van der Waals surface area (Å²) < 4.78 is 30.0. The molecule has 1 unspecified atom stereocenters.